The van der Waals surface area contributed by atoms with Gasteiger partial charge in [-0.1, -0.05) is 30.4 Å². The normalized spacial score (nSPS) is 16.8. The summed E-state index contributed by atoms with van der Waals surface area (Å²) in [4.78, 5) is 14.1. The van der Waals surface area contributed by atoms with Gasteiger partial charge in [0.05, 0.1) is 17.8 Å². The van der Waals surface area contributed by atoms with Crippen molar-refractivity contribution in [2.24, 2.45) is 4.99 Å². The summed E-state index contributed by atoms with van der Waals surface area (Å²) < 4.78 is 0. The van der Waals surface area contributed by atoms with Crippen LogP contribution in [-0.4, -0.2) is 33.9 Å². The van der Waals surface area contributed by atoms with Crippen LogP contribution < -0.4 is 4.90 Å². The lowest BCUT2D eigenvalue weighted by molar-refractivity contribution is 0.662. The number of hydrogen-bond acceptors (Lipinski definition) is 4. The monoisotopic (exact) mass is 280 g/mol. The molecule has 3 heterocycles. The molecule has 2 aliphatic rings. The lowest BCUT2D eigenvalue weighted by Gasteiger charge is -2.36. The van der Waals surface area contributed by atoms with Crippen LogP contribution in [0.15, 0.2) is 53.7 Å². The second kappa shape index (κ2) is 4.38. The molecule has 20 heavy (non-hydrogen) atoms. The Kier molecular flexibility index (Phi) is 2.53. The highest BCUT2D eigenvalue weighted by Gasteiger charge is 2.36. The lowest BCUT2D eigenvalue weighted by atomic mass is 10.1. The summed E-state index contributed by atoms with van der Waals surface area (Å²) in [6.07, 6.45) is 1.79. The summed E-state index contributed by atoms with van der Waals surface area (Å²) in [5.41, 5.74) is 2.05. The number of nitrogens with zero attached hydrogens (tertiary/aromatic N) is 4. The number of guanidine groups is 1. The molecule has 0 atom stereocenters. The van der Waals surface area contributed by atoms with Crippen LogP contribution in [0.3, 0.4) is 0 Å². The number of aromatic nitrogens is 1. The number of para-hydroxylation sites is 1. The SMILES string of the molecule is S=C1c2cccnc2N(c2ccccc2)C2=NCCN12. The van der Waals surface area contributed by atoms with E-state index in [1.54, 1.807) is 6.20 Å². The molecular formula is C15H12N4S. The highest BCUT2D eigenvalue weighted by molar-refractivity contribution is 7.80. The third-order valence-electron chi connectivity index (χ3n) is 3.51. The highest BCUT2D eigenvalue weighted by Crippen LogP contribution is 2.34. The topological polar surface area (TPSA) is 31.7 Å². The molecular weight excluding hydrogens is 268 g/mol. The molecule has 1 aromatic carbocycles. The Bertz CT molecular complexity index is 711. The molecule has 0 saturated carbocycles. The summed E-state index contributed by atoms with van der Waals surface area (Å²) in [6.45, 7) is 1.61. The molecule has 0 unspecified atom stereocenters. The lowest BCUT2D eigenvalue weighted by Crippen LogP contribution is -2.47. The molecule has 5 heteroatoms. The summed E-state index contributed by atoms with van der Waals surface area (Å²) in [6, 6.07) is 14.1. The van der Waals surface area contributed by atoms with Crippen molar-refractivity contribution in [3.63, 3.8) is 0 Å². The van der Waals surface area contributed by atoms with Gasteiger partial charge in [0, 0.05) is 12.7 Å². The molecule has 4 nitrogen and oxygen atoms in total. The Labute approximate surface area is 122 Å². The van der Waals surface area contributed by atoms with Crippen LogP contribution >= 0.6 is 12.2 Å². The number of pyridine rings is 1. The van der Waals surface area contributed by atoms with Gasteiger partial charge >= 0.3 is 0 Å². The minimum absolute atomic E-state index is 0.771. The van der Waals surface area contributed by atoms with E-state index in [4.69, 9.17) is 12.2 Å². The van der Waals surface area contributed by atoms with E-state index in [0.29, 0.717) is 0 Å². The zero-order valence-electron chi connectivity index (χ0n) is 10.7. The van der Waals surface area contributed by atoms with Gasteiger partial charge < -0.3 is 4.90 Å². The summed E-state index contributed by atoms with van der Waals surface area (Å²) in [7, 11) is 0. The minimum atomic E-state index is 0.771. The van der Waals surface area contributed by atoms with Crippen LogP contribution in [0.2, 0.25) is 0 Å². The predicted molar refractivity (Wildman–Crippen MR) is 83.5 cm³/mol. The van der Waals surface area contributed by atoms with Crippen molar-refractivity contribution in [2.45, 2.75) is 0 Å². The minimum Gasteiger partial charge on any atom is -0.300 e. The molecule has 0 fully saturated rings. The van der Waals surface area contributed by atoms with Gasteiger partial charge in [-0.3, -0.25) is 9.89 Å². The standard InChI is InChI=1S/C15H12N4S/c20-14-12-7-4-8-16-13(12)19(11-5-2-1-3-6-11)15-17-9-10-18(14)15/h1-8H,9-10H2. The second-order valence-corrected chi connectivity index (χ2v) is 5.07. The van der Waals surface area contributed by atoms with Crippen molar-refractivity contribution in [3.8, 4) is 0 Å². The van der Waals surface area contributed by atoms with E-state index in [9.17, 15) is 0 Å². The maximum Gasteiger partial charge on any atom is 0.212 e. The van der Waals surface area contributed by atoms with Gasteiger partial charge in [-0.05, 0) is 24.3 Å². The van der Waals surface area contributed by atoms with Gasteiger partial charge in [0.1, 0.15) is 10.8 Å². The second-order valence-electron chi connectivity index (χ2n) is 4.68. The van der Waals surface area contributed by atoms with E-state index in [-0.39, 0.29) is 0 Å². The summed E-state index contributed by atoms with van der Waals surface area (Å²) in [5, 5.41) is 0. The fourth-order valence-electron chi connectivity index (χ4n) is 2.62. The maximum atomic E-state index is 5.58. The zero-order chi connectivity index (χ0) is 13.5. The molecule has 0 spiro atoms. The first-order valence-corrected chi connectivity index (χ1v) is 6.93. The quantitative estimate of drug-likeness (QED) is 0.751. The van der Waals surface area contributed by atoms with Crippen molar-refractivity contribution in [1.82, 2.24) is 9.88 Å². The number of benzene rings is 1. The van der Waals surface area contributed by atoms with Gasteiger partial charge in [0.25, 0.3) is 0 Å². The molecule has 4 rings (SSSR count). The van der Waals surface area contributed by atoms with Crippen molar-refractivity contribution >= 4 is 34.7 Å². The van der Waals surface area contributed by atoms with Crippen molar-refractivity contribution in [2.75, 3.05) is 18.0 Å². The average Bonchev–Trinajstić information content (AvgIpc) is 2.98. The van der Waals surface area contributed by atoms with Gasteiger partial charge in [-0.2, -0.15) is 0 Å². The molecule has 0 amide bonds. The van der Waals surface area contributed by atoms with Gasteiger partial charge in [0.15, 0.2) is 0 Å². The molecule has 0 bridgehead atoms. The molecule has 2 aromatic rings. The number of rotatable bonds is 1. The molecule has 98 valence electrons. The molecule has 1 aromatic heterocycles. The third kappa shape index (κ3) is 1.56. The first kappa shape index (κ1) is 11.5. The van der Waals surface area contributed by atoms with Gasteiger partial charge in [0.2, 0.25) is 5.96 Å². The van der Waals surface area contributed by atoms with Crippen molar-refractivity contribution < 1.29 is 0 Å². The number of fused-ring (bicyclic) bond motifs is 2. The van der Waals surface area contributed by atoms with Crippen LogP contribution in [0.1, 0.15) is 5.56 Å². The Morgan fingerprint density at radius 3 is 2.75 bits per heavy atom. The third-order valence-corrected chi connectivity index (χ3v) is 3.95. The zero-order valence-corrected chi connectivity index (χ0v) is 11.5. The first-order valence-electron chi connectivity index (χ1n) is 6.53. The van der Waals surface area contributed by atoms with Crippen LogP contribution in [0.4, 0.5) is 11.5 Å². The molecule has 0 saturated heterocycles. The average molecular weight is 280 g/mol. The summed E-state index contributed by atoms with van der Waals surface area (Å²) in [5.74, 6) is 1.74. The largest absolute Gasteiger partial charge is 0.300 e. The van der Waals surface area contributed by atoms with Gasteiger partial charge in [-0.15, -0.1) is 0 Å². The first-order chi connectivity index (χ1) is 9.86. The molecule has 0 radical (unpaired) electrons. The van der Waals surface area contributed by atoms with Crippen LogP contribution in [0.5, 0.6) is 0 Å². The Hall–Kier alpha value is -2.27. The van der Waals surface area contributed by atoms with E-state index in [2.05, 4.69) is 31.9 Å². The molecule has 0 aliphatic carbocycles. The predicted octanol–water partition coefficient (Wildman–Crippen LogP) is 2.58. The molecule has 0 N–H and O–H groups in total. The van der Waals surface area contributed by atoms with E-state index in [1.807, 2.05) is 30.3 Å². The van der Waals surface area contributed by atoms with E-state index in [1.165, 1.54) is 0 Å². The fraction of sp³-hybridized carbons (Fsp3) is 0.133. The molecule has 2 aliphatic heterocycles. The van der Waals surface area contributed by atoms with Crippen molar-refractivity contribution in [3.05, 3.63) is 54.2 Å². The highest BCUT2D eigenvalue weighted by atomic mass is 32.1. The smallest absolute Gasteiger partial charge is 0.212 e. The van der Waals surface area contributed by atoms with Gasteiger partial charge in [-0.25, -0.2) is 4.98 Å². The number of thiocarbonyl (C=S) groups is 1. The van der Waals surface area contributed by atoms with Crippen LogP contribution in [-0.2, 0) is 0 Å². The number of anilines is 2. The Morgan fingerprint density at radius 2 is 1.90 bits per heavy atom. The fourth-order valence-corrected chi connectivity index (χ4v) is 2.95. The summed E-state index contributed by atoms with van der Waals surface area (Å²) >= 11 is 5.58. The Balaban J connectivity index is 1.96. The number of hydrogen-bond donors (Lipinski definition) is 0. The van der Waals surface area contributed by atoms with E-state index >= 15 is 0 Å². The van der Waals surface area contributed by atoms with E-state index < -0.39 is 0 Å². The van der Waals surface area contributed by atoms with Crippen molar-refractivity contribution in [1.29, 1.82) is 0 Å². The van der Waals surface area contributed by atoms with E-state index in [0.717, 1.165) is 41.1 Å². The van der Waals surface area contributed by atoms with Crippen LogP contribution in [0, 0.1) is 0 Å². The van der Waals surface area contributed by atoms with Crippen LogP contribution in [0.25, 0.3) is 0 Å². The number of aliphatic imine (C=N–C) groups is 1. The maximum absolute atomic E-state index is 5.58. The Morgan fingerprint density at radius 1 is 1.05 bits per heavy atom.